The lowest BCUT2D eigenvalue weighted by Crippen LogP contribution is -2.53. The van der Waals surface area contributed by atoms with Crippen LogP contribution in [-0.4, -0.2) is 60.7 Å². The van der Waals surface area contributed by atoms with E-state index in [0.29, 0.717) is 18.4 Å². The second-order valence-electron chi connectivity index (χ2n) is 5.75. The number of anilines is 1. The number of ether oxygens (including phenoxy) is 1. The largest absolute Gasteiger partial charge is 0.480 e. The van der Waals surface area contributed by atoms with Gasteiger partial charge in [0, 0.05) is 32.7 Å². The van der Waals surface area contributed by atoms with E-state index in [1.54, 1.807) is 19.6 Å². The Kier molecular flexibility index (Phi) is 8.61. The van der Waals surface area contributed by atoms with Crippen molar-refractivity contribution < 1.29 is 9.15 Å². The van der Waals surface area contributed by atoms with Crippen LogP contribution in [0.3, 0.4) is 0 Å². The molecular weight excluding hydrogens is 527 g/mol. The van der Waals surface area contributed by atoms with Crippen LogP contribution in [0.2, 0.25) is 0 Å². The van der Waals surface area contributed by atoms with Crippen LogP contribution in [-0.2, 0) is 6.54 Å². The van der Waals surface area contributed by atoms with Crippen molar-refractivity contribution in [3.8, 4) is 5.88 Å². The zero-order valence-electron chi connectivity index (χ0n) is 15.4. The van der Waals surface area contributed by atoms with Crippen LogP contribution in [0.25, 0.3) is 0 Å². The lowest BCUT2D eigenvalue weighted by Gasteiger charge is -2.36. The number of rotatable bonds is 5. The molecule has 0 spiro atoms. The molecule has 1 N–H and O–H groups in total. The number of nitrogens with zero attached hydrogens (tertiary/aromatic N) is 5. The molecule has 1 saturated heterocycles. The van der Waals surface area contributed by atoms with E-state index in [9.17, 15) is 0 Å². The van der Waals surface area contributed by atoms with Crippen molar-refractivity contribution >= 4 is 51.8 Å². The molecule has 0 radical (unpaired) electrons. The summed E-state index contributed by atoms with van der Waals surface area (Å²) in [6, 6.07) is 3.81. The molecule has 0 unspecified atom stereocenters. The Morgan fingerprint density at radius 1 is 1.37 bits per heavy atom. The first kappa shape index (κ1) is 21.7. The fourth-order valence-electron chi connectivity index (χ4n) is 2.74. The van der Waals surface area contributed by atoms with Crippen LogP contribution in [0.4, 0.5) is 5.95 Å². The molecule has 0 aliphatic carbocycles. The second-order valence-corrected chi connectivity index (χ2v) is 6.61. The third-order valence-corrected chi connectivity index (χ3v) is 4.60. The molecule has 0 bridgehead atoms. The summed E-state index contributed by atoms with van der Waals surface area (Å²) in [7, 11) is 1.60. The number of methoxy groups -OCH3 is 1. The first-order valence-corrected chi connectivity index (χ1v) is 9.37. The molecule has 27 heavy (non-hydrogen) atoms. The molecule has 148 valence electrons. The van der Waals surface area contributed by atoms with Crippen LogP contribution in [0, 0.1) is 0 Å². The first-order valence-electron chi connectivity index (χ1n) is 8.58. The number of furan rings is 1. The van der Waals surface area contributed by atoms with E-state index in [1.807, 2.05) is 12.1 Å². The van der Waals surface area contributed by atoms with Gasteiger partial charge in [-0.1, -0.05) is 0 Å². The number of piperazine rings is 1. The summed E-state index contributed by atoms with van der Waals surface area (Å²) in [5.74, 6) is 2.99. The molecule has 0 aromatic carbocycles. The topological polar surface area (TPSA) is 79.0 Å². The van der Waals surface area contributed by atoms with E-state index in [1.165, 1.54) is 0 Å². The predicted molar refractivity (Wildman–Crippen MR) is 119 cm³/mol. The van der Waals surface area contributed by atoms with Crippen LogP contribution < -0.4 is 15.0 Å². The molecule has 1 aliphatic rings. The summed E-state index contributed by atoms with van der Waals surface area (Å²) in [6.45, 7) is 6.73. The number of hydrogen-bond donors (Lipinski definition) is 1. The zero-order chi connectivity index (χ0) is 18.4. The van der Waals surface area contributed by atoms with Crippen LogP contribution in [0.5, 0.6) is 5.88 Å². The number of hydrogen-bond acceptors (Lipinski definition) is 6. The smallest absolute Gasteiger partial charge is 0.232 e. The van der Waals surface area contributed by atoms with Crippen molar-refractivity contribution in [2.75, 3.05) is 44.7 Å². The van der Waals surface area contributed by atoms with E-state index in [4.69, 9.17) is 9.15 Å². The highest BCUT2D eigenvalue weighted by Crippen LogP contribution is 2.23. The van der Waals surface area contributed by atoms with Gasteiger partial charge in [-0.3, -0.25) is 0 Å². The van der Waals surface area contributed by atoms with E-state index >= 15 is 0 Å². The van der Waals surface area contributed by atoms with Crippen molar-refractivity contribution in [3.63, 3.8) is 0 Å². The van der Waals surface area contributed by atoms with Crippen molar-refractivity contribution in [1.82, 2.24) is 20.2 Å². The quantitative estimate of drug-likeness (QED) is 0.348. The molecule has 1 fully saturated rings. The van der Waals surface area contributed by atoms with Gasteiger partial charge in [-0.15, -0.1) is 24.0 Å². The Hall–Kier alpha value is -1.56. The van der Waals surface area contributed by atoms with Gasteiger partial charge in [0.25, 0.3) is 0 Å². The molecule has 0 saturated carbocycles. The first-order chi connectivity index (χ1) is 12.7. The number of guanidine groups is 1. The SMILES string of the molecule is CCNC(=NCc1ccco1)N1CCN(c2ncc(Br)c(OC)n2)CC1.I. The van der Waals surface area contributed by atoms with Crippen LogP contribution in [0.1, 0.15) is 12.7 Å². The Labute approximate surface area is 184 Å². The van der Waals surface area contributed by atoms with Gasteiger partial charge >= 0.3 is 0 Å². The van der Waals surface area contributed by atoms with Crippen molar-refractivity contribution in [2.24, 2.45) is 4.99 Å². The maximum Gasteiger partial charge on any atom is 0.232 e. The molecule has 3 heterocycles. The summed E-state index contributed by atoms with van der Waals surface area (Å²) in [5, 5.41) is 3.35. The molecule has 0 amide bonds. The number of aromatic nitrogens is 2. The summed E-state index contributed by atoms with van der Waals surface area (Å²) in [4.78, 5) is 17.9. The van der Waals surface area contributed by atoms with Gasteiger partial charge in [0.05, 0.1) is 24.0 Å². The van der Waals surface area contributed by atoms with Gasteiger partial charge in [0.2, 0.25) is 11.8 Å². The van der Waals surface area contributed by atoms with Gasteiger partial charge in [0.1, 0.15) is 12.3 Å². The maximum atomic E-state index is 5.36. The zero-order valence-corrected chi connectivity index (χ0v) is 19.3. The van der Waals surface area contributed by atoms with Gasteiger partial charge in [-0.05, 0) is 35.0 Å². The van der Waals surface area contributed by atoms with E-state index < -0.39 is 0 Å². The molecule has 2 aromatic rings. The Morgan fingerprint density at radius 2 is 2.15 bits per heavy atom. The minimum Gasteiger partial charge on any atom is -0.480 e. The summed E-state index contributed by atoms with van der Waals surface area (Å²) >= 11 is 3.39. The van der Waals surface area contributed by atoms with E-state index in [2.05, 4.69) is 52.9 Å². The molecule has 0 atom stereocenters. The average molecular weight is 551 g/mol. The van der Waals surface area contributed by atoms with Gasteiger partial charge < -0.3 is 24.3 Å². The Bertz CT molecular complexity index is 735. The molecule has 8 nitrogen and oxygen atoms in total. The molecule has 3 rings (SSSR count). The predicted octanol–water partition coefficient (Wildman–Crippen LogP) is 2.75. The second kappa shape index (κ2) is 10.7. The summed E-state index contributed by atoms with van der Waals surface area (Å²) in [6.07, 6.45) is 3.39. The number of halogens is 2. The van der Waals surface area contributed by atoms with Crippen molar-refractivity contribution in [3.05, 3.63) is 34.8 Å². The summed E-state index contributed by atoms with van der Waals surface area (Å²) < 4.78 is 11.4. The molecule has 2 aromatic heterocycles. The van der Waals surface area contributed by atoms with Gasteiger partial charge in [0.15, 0.2) is 5.96 Å². The normalized spacial score (nSPS) is 14.7. The Balaban J connectivity index is 0.00000261. The van der Waals surface area contributed by atoms with Crippen LogP contribution >= 0.6 is 39.9 Å². The maximum absolute atomic E-state index is 5.36. The Morgan fingerprint density at radius 3 is 2.78 bits per heavy atom. The lowest BCUT2D eigenvalue weighted by molar-refractivity contribution is 0.365. The number of aliphatic imine (C=N–C) groups is 1. The monoisotopic (exact) mass is 550 g/mol. The number of nitrogens with one attached hydrogen (secondary N) is 1. The highest BCUT2D eigenvalue weighted by molar-refractivity contribution is 14.0. The van der Waals surface area contributed by atoms with Gasteiger partial charge in [-0.2, -0.15) is 4.98 Å². The summed E-state index contributed by atoms with van der Waals surface area (Å²) in [5.41, 5.74) is 0. The third-order valence-electron chi connectivity index (χ3n) is 4.05. The lowest BCUT2D eigenvalue weighted by atomic mass is 10.3. The molecule has 1 aliphatic heterocycles. The van der Waals surface area contributed by atoms with Crippen LogP contribution in [0.15, 0.2) is 38.5 Å². The van der Waals surface area contributed by atoms with Crippen molar-refractivity contribution in [1.29, 1.82) is 0 Å². The highest BCUT2D eigenvalue weighted by atomic mass is 127. The highest BCUT2D eigenvalue weighted by Gasteiger charge is 2.22. The average Bonchev–Trinajstić information content (AvgIpc) is 3.19. The fourth-order valence-corrected chi connectivity index (χ4v) is 3.09. The standard InChI is InChI=1S/C17H23BrN6O2.HI/c1-3-19-16(20-11-13-5-4-10-26-13)23-6-8-24(9-7-23)17-21-12-14(18)15(22-17)25-2;/h4-5,10,12H,3,6-9,11H2,1-2H3,(H,19,20);1H. The van der Waals surface area contributed by atoms with Gasteiger partial charge in [-0.25, -0.2) is 9.98 Å². The molecular formula is C17H24BrIN6O2. The third kappa shape index (κ3) is 5.71. The van der Waals surface area contributed by atoms with Crippen molar-refractivity contribution in [2.45, 2.75) is 13.5 Å². The van der Waals surface area contributed by atoms with E-state index in [-0.39, 0.29) is 24.0 Å². The van der Waals surface area contributed by atoms with E-state index in [0.717, 1.165) is 48.9 Å². The molecule has 10 heteroatoms. The minimum atomic E-state index is 0. The fraction of sp³-hybridized carbons (Fsp3) is 0.471. The minimum absolute atomic E-state index is 0.